The van der Waals surface area contributed by atoms with Crippen LogP contribution in [-0.2, 0) is 0 Å². The van der Waals surface area contributed by atoms with Crippen molar-refractivity contribution in [3.8, 4) is 17.6 Å². The Morgan fingerprint density at radius 1 is 1.27 bits per heavy atom. The molecule has 6 nitrogen and oxygen atoms in total. The molecule has 30 heavy (non-hydrogen) atoms. The molecule has 0 aromatic heterocycles. The van der Waals surface area contributed by atoms with Crippen LogP contribution < -0.4 is 9.47 Å². The molecular formula is C24H26N2O4. The van der Waals surface area contributed by atoms with Crippen molar-refractivity contribution in [3.05, 3.63) is 59.2 Å². The molecule has 2 aromatic rings. The van der Waals surface area contributed by atoms with Gasteiger partial charge in [0.05, 0.1) is 17.8 Å². The summed E-state index contributed by atoms with van der Waals surface area (Å²) in [5, 5.41) is 20.0. The van der Waals surface area contributed by atoms with E-state index in [1.165, 1.54) is 0 Å². The lowest BCUT2D eigenvalue weighted by Crippen LogP contribution is -2.51. The summed E-state index contributed by atoms with van der Waals surface area (Å²) in [6.45, 7) is 4.87. The van der Waals surface area contributed by atoms with Gasteiger partial charge in [0.2, 0.25) is 0 Å². The van der Waals surface area contributed by atoms with Crippen molar-refractivity contribution in [1.29, 1.82) is 5.26 Å². The lowest BCUT2D eigenvalue weighted by atomic mass is 9.81. The van der Waals surface area contributed by atoms with Gasteiger partial charge in [-0.05, 0) is 38.1 Å². The molecule has 2 aliphatic heterocycles. The molecule has 2 heterocycles. The average Bonchev–Trinajstić information content (AvgIpc) is 2.74. The van der Waals surface area contributed by atoms with Crippen molar-refractivity contribution in [2.24, 2.45) is 0 Å². The summed E-state index contributed by atoms with van der Waals surface area (Å²) in [5.74, 6) is 1.12. The molecule has 2 aromatic carbocycles. The van der Waals surface area contributed by atoms with E-state index in [1.54, 1.807) is 23.1 Å². The molecule has 1 unspecified atom stereocenters. The minimum absolute atomic E-state index is 0.0482. The Bertz CT molecular complexity index is 987. The van der Waals surface area contributed by atoms with Crippen molar-refractivity contribution in [1.82, 2.24) is 4.90 Å². The second-order valence-electron chi connectivity index (χ2n) is 8.32. The Balaban J connectivity index is 1.46. The highest BCUT2D eigenvalue weighted by molar-refractivity contribution is 5.95. The Morgan fingerprint density at radius 2 is 2.00 bits per heavy atom. The van der Waals surface area contributed by atoms with Gasteiger partial charge in [0.15, 0.2) is 0 Å². The number of fused-ring (bicyclic) bond motifs is 1. The summed E-state index contributed by atoms with van der Waals surface area (Å²) in [5.41, 5.74) is 1.22. The molecular weight excluding hydrogens is 380 g/mol. The smallest absolute Gasteiger partial charge is 0.253 e. The SMILES string of the molecule is CC(C)Oc1ccc(C(=O)N2CCC3(CC2)CC(O)c2ccccc2O3)cc1C#N. The van der Waals surface area contributed by atoms with Crippen LogP contribution in [0.1, 0.15) is 60.7 Å². The Kier molecular flexibility index (Phi) is 5.40. The van der Waals surface area contributed by atoms with E-state index >= 15 is 0 Å². The number of rotatable bonds is 3. The molecule has 1 amide bonds. The number of nitriles is 1. The van der Waals surface area contributed by atoms with Gasteiger partial charge in [-0.1, -0.05) is 18.2 Å². The van der Waals surface area contributed by atoms with Crippen molar-refractivity contribution in [2.45, 2.75) is 50.9 Å². The lowest BCUT2D eigenvalue weighted by molar-refractivity contribution is -0.0495. The van der Waals surface area contributed by atoms with Crippen LogP contribution in [0.2, 0.25) is 0 Å². The van der Waals surface area contributed by atoms with E-state index in [0.717, 1.165) is 11.3 Å². The van der Waals surface area contributed by atoms with Gasteiger partial charge in [-0.3, -0.25) is 4.79 Å². The summed E-state index contributed by atoms with van der Waals surface area (Å²) >= 11 is 0. The van der Waals surface area contributed by atoms with Gasteiger partial charge in [0.25, 0.3) is 5.91 Å². The predicted molar refractivity (Wildman–Crippen MR) is 111 cm³/mol. The summed E-state index contributed by atoms with van der Waals surface area (Å²) in [7, 11) is 0. The second kappa shape index (κ2) is 8.00. The first-order valence-corrected chi connectivity index (χ1v) is 10.4. The van der Waals surface area contributed by atoms with Crippen molar-refractivity contribution in [3.63, 3.8) is 0 Å². The summed E-state index contributed by atoms with van der Waals surface area (Å²) in [6, 6.07) is 14.7. The van der Waals surface area contributed by atoms with Gasteiger partial charge < -0.3 is 19.5 Å². The number of aliphatic hydroxyl groups is 1. The van der Waals surface area contributed by atoms with Gasteiger partial charge in [0.1, 0.15) is 23.2 Å². The largest absolute Gasteiger partial charge is 0.490 e. The molecule has 2 aliphatic rings. The van der Waals surface area contributed by atoms with E-state index in [0.29, 0.717) is 49.2 Å². The topological polar surface area (TPSA) is 82.8 Å². The fourth-order valence-electron chi connectivity index (χ4n) is 4.30. The molecule has 0 bridgehead atoms. The number of amides is 1. The number of carbonyl (C=O) groups excluding carboxylic acids is 1. The van der Waals surface area contributed by atoms with Crippen molar-refractivity contribution >= 4 is 5.91 Å². The maximum Gasteiger partial charge on any atom is 0.253 e. The molecule has 156 valence electrons. The molecule has 0 radical (unpaired) electrons. The van der Waals surface area contributed by atoms with E-state index in [1.807, 2.05) is 38.1 Å². The quantitative estimate of drug-likeness (QED) is 0.837. The summed E-state index contributed by atoms with van der Waals surface area (Å²) < 4.78 is 11.9. The Morgan fingerprint density at radius 3 is 2.70 bits per heavy atom. The molecule has 1 fully saturated rings. The zero-order chi connectivity index (χ0) is 21.3. The van der Waals surface area contributed by atoms with Crippen LogP contribution in [0, 0.1) is 11.3 Å². The molecule has 6 heteroatoms. The number of para-hydroxylation sites is 1. The molecule has 4 rings (SSSR count). The predicted octanol–water partition coefficient (Wildman–Crippen LogP) is 3.84. The van der Waals surface area contributed by atoms with Crippen molar-refractivity contribution < 1.29 is 19.4 Å². The minimum Gasteiger partial charge on any atom is -0.490 e. The number of benzene rings is 2. The van der Waals surface area contributed by atoms with E-state index < -0.39 is 11.7 Å². The zero-order valence-electron chi connectivity index (χ0n) is 17.3. The van der Waals surface area contributed by atoms with Gasteiger partial charge in [0, 0.05) is 43.5 Å². The average molecular weight is 406 g/mol. The van der Waals surface area contributed by atoms with Gasteiger partial charge in [-0.2, -0.15) is 5.26 Å². The van der Waals surface area contributed by atoms with Crippen LogP contribution in [0.25, 0.3) is 0 Å². The Hall–Kier alpha value is -3.04. The highest BCUT2D eigenvalue weighted by Gasteiger charge is 2.43. The third-order valence-corrected chi connectivity index (χ3v) is 5.84. The molecule has 1 atom stereocenters. The third kappa shape index (κ3) is 3.86. The fraction of sp³-hybridized carbons (Fsp3) is 0.417. The highest BCUT2D eigenvalue weighted by atomic mass is 16.5. The summed E-state index contributed by atoms with van der Waals surface area (Å²) in [6.07, 6.45) is 1.25. The van der Waals surface area contributed by atoms with Gasteiger partial charge in [-0.15, -0.1) is 0 Å². The maximum absolute atomic E-state index is 13.0. The van der Waals surface area contributed by atoms with Crippen LogP contribution in [0.4, 0.5) is 0 Å². The summed E-state index contributed by atoms with van der Waals surface area (Å²) in [4.78, 5) is 14.8. The van der Waals surface area contributed by atoms with Crippen LogP contribution in [-0.4, -0.2) is 40.7 Å². The molecule has 0 saturated carbocycles. The number of hydrogen-bond donors (Lipinski definition) is 1. The number of likely N-dealkylation sites (tertiary alicyclic amines) is 1. The number of piperidine rings is 1. The van der Waals surface area contributed by atoms with Gasteiger partial charge in [-0.25, -0.2) is 0 Å². The first-order chi connectivity index (χ1) is 14.4. The maximum atomic E-state index is 13.0. The number of carbonyl (C=O) groups is 1. The fourth-order valence-corrected chi connectivity index (χ4v) is 4.30. The zero-order valence-corrected chi connectivity index (χ0v) is 17.3. The molecule has 1 N–H and O–H groups in total. The van der Waals surface area contributed by atoms with Crippen molar-refractivity contribution in [2.75, 3.05) is 13.1 Å². The number of hydrogen-bond acceptors (Lipinski definition) is 5. The Labute approximate surface area is 176 Å². The first kappa shape index (κ1) is 20.2. The lowest BCUT2D eigenvalue weighted by Gasteiger charge is -2.45. The number of nitrogens with zero attached hydrogens (tertiary/aromatic N) is 2. The minimum atomic E-state index is -0.552. The van der Waals surface area contributed by atoms with Crippen LogP contribution in [0.5, 0.6) is 11.5 Å². The molecule has 1 spiro atoms. The molecule has 0 aliphatic carbocycles. The number of ether oxygens (including phenoxy) is 2. The normalized spacial score (nSPS) is 19.7. The second-order valence-corrected chi connectivity index (χ2v) is 8.32. The highest BCUT2D eigenvalue weighted by Crippen LogP contribution is 2.44. The van der Waals surface area contributed by atoms with Crippen LogP contribution in [0.15, 0.2) is 42.5 Å². The number of aliphatic hydroxyl groups excluding tert-OH is 1. The monoisotopic (exact) mass is 406 g/mol. The van der Waals surface area contributed by atoms with E-state index in [9.17, 15) is 15.2 Å². The van der Waals surface area contributed by atoms with E-state index in [2.05, 4.69) is 6.07 Å². The third-order valence-electron chi connectivity index (χ3n) is 5.84. The van der Waals surface area contributed by atoms with Crippen LogP contribution >= 0.6 is 0 Å². The van der Waals surface area contributed by atoms with Crippen LogP contribution in [0.3, 0.4) is 0 Å². The standard InChI is InChI=1S/C24H26N2O4/c1-16(2)29-21-8-7-17(13-18(21)15-25)23(28)26-11-9-24(10-12-26)14-20(27)19-5-3-4-6-22(19)30-24/h3-8,13,16,20,27H,9-12,14H2,1-2H3. The van der Waals surface area contributed by atoms with E-state index in [-0.39, 0.29) is 12.0 Å². The van der Waals surface area contributed by atoms with Gasteiger partial charge >= 0.3 is 0 Å². The molecule has 1 saturated heterocycles. The van der Waals surface area contributed by atoms with E-state index in [4.69, 9.17) is 9.47 Å². The first-order valence-electron chi connectivity index (χ1n) is 10.4.